The third-order valence-corrected chi connectivity index (χ3v) is 5.42. The van der Waals surface area contributed by atoms with E-state index in [1.807, 2.05) is 0 Å². The van der Waals surface area contributed by atoms with Gasteiger partial charge in [-0.25, -0.2) is 4.99 Å². The van der Waals surface area contributed by atoms with Gasteiger partial charge in [-0.05, 0) is 25.2 Å². The molecule has 0 radical (unpaired) electrons. The largest absolute Gasteiger partial charge is 0.377 e. The van der Waals surface area contributed by atoms with Crippen LogP contribution in [0.15, 0.2) is 4.99 Å². The Hall–Kier alpha value is -0.770. The summed E-state index contributed by atoms with van der Waals surface area (Å²) in [5, 5.41) is 0. The van der Waals surface area contributed by atoms with Gasteiger partial charge >= 0.3 is 0 Å². The molecule has 3 aliphatic rings. The first-order valence-corrected chi connectivity index (χ1v) is 7.70. The Morgan fingerprint density at radius 2 is 1.95 bits per heavy atom. The summed E-state index contributed by atoms with van der Waals surface area (Å²) in [6.45, 7) is 9.87. The molecule has 2 saturated heterocycles. The summed E-state index contributed by atoms with van der Waals surface area (Å²) in [4.78, 5) is 7.13. The monoisotopic (exact) mass is 265 g/mol. The Morgan fingerprint density at radius 3 is 2.63 bits per heavy atom. The quantitative estimate of drug-likeness (QED) is 0.581. The first-order chi connectivity index (χ1) is 9.00. The predicted molar refractivity (Wildman–Crippen MR) is 77.0 cm³/mol. The molecule has 0 aromatic carbocycles. The number of likely N-dealkylation sites (tertiary alicyclic amines) is 1. The molecule has 1 saturated carbocycles. The van der Waals surface area contributed by atoms with Crippen LogP contribution in [0.4, 0.5) is 0 Å². The third-order valence-electron chi connectivity index (χ3n) is 5.42. The minimum atomic E-state index is 0.148. The molecule has 4 nitrogen and oxygen atoms in total. The van der Waals surface area contributed by atoms with E-state index in [0.29, 0.717) is 18.1 Å². The molecular weight excluding hydrogens is 238 g/mol. The van der Waals surface area contributed by atoms with Crippen LogP contribution in [0.1, 0.15) is 40.0 Å². The molecule has 3 unspecified atom stereocenters. The van der Waals surface area contributed by atoms with Crippen LogP contribution in [-0.4, -0.2) is 42.7 Å². The first-order valence-electron chi connectivity index (χ1n) is 7.70. The molecule has 108 valence electrons. The fraction of sp³-hybridized carbons (Fsp3) is 0.933. The van der Waals surface area contributed by atoms with Gasteiger partial charge in [0.2, 0.25) is 0 Å². The highest BCUT2D eigenvalue weighted by molar-refractivity contribution is 5.78. The summed E-state index contributed by atoms with van der Waals surface area (Å²) < 4.78 is 5.81. The van der Waals surface area contributed by atoms with Crippen molar-refractivity contribution < 1.29 is 4.74 Å². The smallest absolute Gasteiger partial charge is 0.191 e. The van der Waals surface area contributed by atoms with E-state index >= 15 is 0 Å². The van der Waals surface area contributed by atoms with Crippen LogP contribution in [0.25, 0.3) is 0 Å². The molecular formula is C15H27N3O. The molecule has 0 aromatic heterocycles. The fourth-order valence-corrected chi connectivity index (χ4v) is 4.02. The number of piperidine rings is 1. The van der Waals surface area contributed by atoms with Gasteiger partial charge in [-0.1, -0.05) is 20.8 Å². The lowest BCUT2D eigenvalue weighted by Crippen LogP contribution is -2.60. The maximum absolute atomic E-state index is 6.24. The van der Waals surface area contributed by atoms with Gasteiger partial charge < -0.3 is 15.4 Å². The number of aliphatic imine (C=N–C) groups is 1. The normalized spacial score (nSPS) is 39.0. The second kappa shape index (κ2) is 4.65. The summed E-state index contributed by atoms with van der Waals surface area (Å²) >= 11 is 0. The zero-order valence-corrected chi connectivity index (χ0v) is 12.4. The first kappa shape index (κ1) is 13.2. The average Bonchev–Trinajstić information content (AvgIpc) is 2.83. The van der Waals surface area contributed by atoms with Crippen LogP contribution in [0.5, 0.6) is 0 Å². The van der Waals surface area contributed by atoms with E-state index in [9.17, 15) is 0 Å². The van der Waals surface area contributed by atoms with Crippen molar-refractivity contribution in [3.05, 3.63) is 0 Å². The molecule has 2 aliphatic heterocycles. The highest BCUT2D eigenvalue weighted by Crippen LogP contribution is 2.53. The summed E-state index contributed by atoms with van der Waals surface area (Å²) in [7, 11) is 0. The Morgan fingerprint density at radius 1 is 1.26 bits per heavy atom. The van der Waals surface area contributed by atoms with Crippen molar-refractivity contribution in [2.45, 2.75) is 52.2 Å². The summed E-state index contributed by atoms with van der Waals surface area (Å²) in [5.74, 6) is 2.18. The molecule has 0 aromatic rings. The Balaban J connectivity index is 1.68. The van der Waals surface area contributed by atoms with Crippen LogP contribution >= 0.6 is 0 Å². The van der Waals surface area contributed by atoms with Crippen LogP contribution < -0.4 is 5.73 Å². The van der Waals surface area contributed by atoms with Crippen LogP contribution in [-0.2, 0) is 4.74 Å². The average molecular weight is 265 g/mol. The molecule has 4 heteroatoms. The van der Waals surface area contributed by atoms with Gasteiger partial charge in [0.1, 0.15) is 0 Å². The lowest BCUT2D eigenvalue weighted by atomic mass is 9.57. The van der Waals surface area contributed by atoms with Crippen molar-refractivity contribution >= 4 is 5.96 Å². The molecule has 3 fully saturated rings. The van der Waals surface area contributed by atoms with Crippen molar-refractivity contribution in [3.8, 4) is 0 Å². The van der Waals surface area contributed by atoms with Gasteiger partial charge in [0, 0.05) is 31.0 Å². The number of rotatable bonds is 1. The lowest BCUT2D eigenvalue weighted by molar-refractivity contribution is -0.0988. The maximum Gasteiger partial charge on any atom is 0.191 e. The highest BCUT2D eigenvalue weighted by atomic mass is 16.5. The molecule has 0 spiro atoms. The van der Waals surface area contributed by atoms with Gasteiger partial charge in [-0.3, -0.25) is 0 Å². The van der Waals surface area contributed by atoms with Gasteiger partial charge in [-0.2, -0.15) is 0 Å². The Kier molecular flexibility index (Phi) is 3.24. The van der Waals surface area contributed by atoms with Gasteiger partial charge in [-0.15, -0.1) is 0 Å². The van der Waals surface area contributed by atoms with Crippen molar-refractivity contribution in [3.63, 3.8) is 0 Å². The standard InChI is InChI=1S/C15H27N3O/c1-10-4-7-18(8-5-10)14(16)17-12-11-6-9-19-13(11)15(12,2)3/h10-13H,4-9H2,1-3H3,(H2,16,17). The van der Waals surface area contributed by atoms with Crippen LogP contribution in [0.3, 0.4) is 0 Å². The van der Waals surface area contributed by atoms with E-state index < -0.39 is 0 Å². The number of nitrogens with zero attached hydrogens (tertiary/aromatic N) is 2. The molecule has 2 heterocycles. The predicted octanol–water partition coefficient (Wildman–Crippen LogP) is 1.85. The van der Waals surface area contributed by atoms with Gasteiger partial charge in [0.15, 0.2) is 5.96 Å². The molecule has 3 rings (SSSR count). The fourth-order valence-electron chi connectivity index (χ4n) is 4.02. The van der Waals surface area contributed by atoms with Crippen molar-refractivity contribution in [1.29, 1.82) is 0 Å². The maximum atomic E-state index is 6.24. The summed E-state index contributed by atoms with van der Waals surface area (Å²) in [6, 6.07) is 0.347. The van der Waals surface area contributed by atoms with Crippen molar-refractivity contribution in [2.24, 2.45) is 28.0 Å². The number of fused-ring (bicyclic) bond motifs is 1. The van der Waals surface area contributed by atoms with Crippen molar-refractivity contribution in [2.75, 3.05) is 19.7 Å². The van der Waals surface area contributed by atoms with Gasteiger partial charge in [0.25, 0.3) is 0 Å². The molecule has 2 N–H and O–H groups in total. The highest BCUT2D eigenvalue weighted by Gasteiger charge is 2.59. The molecule has 3 atom stereocenters. The minimum absolute atomic E-state index is 0.148. The number of ether oxygens (including phenoxy) is 1. The van der Waals surface area contributed by atoms with Crippen LogP contribution in [0.2, 0.25) is 0 Å². The number of hydrogen-bond acceptors (Lipinski definition) is 2. The molecule has 0 bridgehead atoms. The molecule has 0 amide bonds. The van der Waals surface area contributed by atoms with E-state index in [0.717, 1.165) is 38.0 Å². The van der Waals surface area contributed by atoms with E-state index in [4.69, 9.17) is 15.5 Å². The second-order valence-electron chi connectivity index (χ2n) is 7.17. The van der Waals surface area contributed by atoms with Gasteiger partial charge in [0.05, 0.1) is 12.1 Å². The number of hydrogen-bond donors (Lipinski definition) is 1. The Labute approximate surface area is 116 Å². The van der Waals surface area contributed by atoms with E-state index in [1.54, 1.807) is 0 Å². The Bertz CT molecular complexity index is 372. The molecule has 19 heavy (non-hydrogen) atoms. The van der Waals surface area contributed by atoms with E-state index in [2.05, 4.69) is 25.7 Å². The third kappa shape index (κ3) is 2.14. The zero-order valence-electron chi connectivity index (χ0n) is 12.4. The summed E-state index contributed by atoms with van der Waals surface area (Å²) in [5.41, 5.74) is 6.39. The number of nitrogens with two attached hydrogens (primary N) is 1. The van der Waals surface area contributed by atoms with Crippen molar-refractivity contribution in [1.82, 2.24) is 4.90 Å². The lowest BCUT2D eigenvalue weighted by Gasteiger charge is -2.52. The SMILES string of the molecule is CC1CCN(C(N)=NC2C3CCOC3C2(C)C)CC1. The second-order valence-corrected chi connectivity index (χ2v) is 7.17. The number of guanidine groups is 1. The summed E-state index contributed by atoms with van der Waals surface area (Å²) in [6.07, 6.45) is 4.02. The minimum Gasteiger partial charge on any atom is -0.377 e. The van der Waals surface area contributed by atoms with Crippen LogP contribution in [0, 0.1) is 17.3 Å². The zero-order chi connectivity index (χ0) is 13.6. The topological polar surface area (TPSA) is 50.8 Å². The molecule has 1 aliphatic carbocycles. The van der Waals surface area contributed by atoms with E-state index in [-0.39, 0.29) is 5.41 Å². The van der Waals surface area contributed by atoms with E-state index in [1.165, 1.54) is 12.8 Å².